The Bertz CT molecular complexity index is 439. The summed E-state index contributed by atoms with van der Waals surface area (Å²) in [5.74, 6) is 1.57. The Labute approximate surface area is 120 Å². The third-order valence-electron chi connectivity index (χ3n) is 3.93. The van der Waals surface area contributed by atoms with Crippen LogP contribution in [0.4, 0.5) is 0 Å². The van der Waals surface area contributed by atoms with E-state index in [0.29, 0.717) is 18.3 Å². The minimum absolute atomic E-state index is 0.242. The summed E-state index contributed by atoms with van der Waals surface area (Å²) in [7, 11) is 0. The quantitative estimate of drug-likeness (QED) is 0.695. The van der Waals surface area contributed by atoms with Crippen molar-refractivity contribution in [2.24, 2.45) is 5.92 Å². The maximum atomic E-state index is 10.9. The molecule has 1 saturated carbocycles. The molecule has 0 bridgehead atoms. The molecule has 0 saturated heterocycles. The van der Waals surface area contributed by atoms with Gasteiger partial charge in [-0.2, -0.15) is 0 Å². The van der Waals surface area contributed by atoms with E-state index in [4.69, 9.17) is 11.6 Å². The van der Waals surface area contributed by atoms with Crippen LogP contribution in [0.2, 0.25) is 5.02 Å². The number of carbonyl (C=O) groups is 1. The smallest absolute Gasteiger partial charge is 0.133 e. The lowest BCUT2D eigenvalue weighted by Gasteiger charge is -2.27. The lowest BCUT2D eigenvalue weighted by molar-refractivity contribution is -0.116. The van der Waals surface area contributed by atoms with Gasteiger partial charge in [0.2, 0.25) is 0 Å². The van der Waals surface area contributed by atoms with Crippen molar-refractivity contribution < 1.29 is 4.79 Å². The Morgan fingerprint density at radius 3 is 2.42 bits per heavy atom. The largest absolute Gasteiger partial charge is 0.300 e. The molecular weight excluding hydrogens is 256 g/mol. The first kappa shape index (κ1) is 14.3. The highest BCUT2D eigenvalue weighted by molar-refractivity contribution is 6.30. The fourth-order valence-corrected chi connectivity index (χ4v) is 2.93. The van der Waals surface area contributed by atoms with Crippen LogP contribution in [0.5, 0.6) is 0 Å². The van der Waals surface area contributed by atoms with Gasteiger partial charge in [-0.1, -0.05) is 35.9 Å². The molecule has 1 nitrogen and oxygen atoms in total. The predicted octanol–water partition coefficient (Wildman–Crippen LogP) is 5.15. The van der Waals surface area contributed by atoms with Crippen LogP contribution in [0.3, 0.4) is 0 Å². The Kier molecular flexibility index (Phi) is 5.21. The number of ketones is 1. The topological polar surface area (TPSA) is 17.1 Å². The van der Waals surface area contributed by atoms with Gasteiger partial charge in [0, 0.05) is 11.4 Å². The molecule has 1 fully saturated rings. The molecule has 0 heterocycles. The van der Waals surface area contributed by atoms with Gasteiger partial charge in [0.1, 0.15) is 5.78 Å². The average molecular weight is 277 g/mol. The van der Waals surface area contributed by atoms with Gasteiger partial charge < -0.3 is 0 Å². The Morgan fingerprint density at radius 2 is 1.84 bits per heavy atom. The first-order valence-electron chi connectivity index (χ1n) is 7.06. The van der Waals surface area contributed by atoms with Crippen molar-refractivity contribution >= 4 is 17.4 Å². The Balaban J connectivity index is 1.83. The maximum absolute atomic E-state index is 10.9. The van der Waals surface area contributed by atoms with Gasteiger partial charge in [0.25, 0.3) is 0 Å². The van der Waals surface area contributed by atoms with Gasteiger partial charge in [-0.15, -0.1) is 0 Å². The molecule has 19 heavy (non-hydrogen) atoms. The lowest BCUT2D eigenvalue weighted by atomic mass is 9.78. The molecule has 0 aromatic heterocycles. The third kappa shape index (κ3) is 4.50. The molecule has 0 aliphatic heterocycles. The van der Waals surface area contributed by atoms with Crippen LogP contribution in [0.25, 0.3) is 0 Å². The summed E-state index contributed by atoms with van der Waals surface area (Å²) in [5.41, 5.74) is 1.41. The van der Waals surface area contributed by atoms with Crippen molar-refractivity contribution in [2.75, 3.05) is 0 Å². The second kappa shape index (κ2) is 6.91. The van der Waals surface area contributed by atoms with Crippen molar-refractivity contribution in [1.29, 1.82) is 0 Å². The minimum Gasteiger partial charge on any atom is -0.300 e. The number of hydrogen-bond donors (Lipinski definition) is 0. The van der Waals surface area contributed by atoms with Gasteiger partial charge in [0.15, 0.2) is 0 Å². The molecule has 2 rings (SSSR count). The SMILES string of the molecule is CC(=O)CC=CC1CCC(c2ccc(Cl)cc2)CC1. The number of halogens is 1. The van der Waals surface area contributed by atoms with Gasteiger partial charge >= 0.3 is 0 Å². The molecule has 1 aliphatic rings. The predicted molar refractivity (Wildman–Crippen MR) is 80.6 cm³/mol. The van der Waals surface area contributed by atoms with Crippen LogP contribution in [-0.4, -0.2) is 5.78 Å². The molecule has 1 aromatic rings. The number of rotatable bonds is 4. The van der Waals surface area contributed by atoms with Crippen LogP contribution >= 0.6 is 11.6 Å². The van der Waals surface area contributed by atoms with E-state index < -0.39 is 0 Å². The Hall–Kier alpha value is -1.08. The highest BCUT2D eigenvalue weighted by Crippen LogP contribution is 2.36. The number of allylic oxidation sites excluding steroid dienone is 2. The van der Waals surface area contributed by atoms with E-state index in [0.717, 1.165) is 5.02 Å². The van der Waals surface area contributed by atoms with E-state index in [9.17, 15) is 4.79 Å². The summed E-state index contributed by atoms with van der Waals surface area (Å²) >= 11 is 5.92. The van der Waals surface area contributed by atoms with Crippen molar-refractivity contribution in [3.8, 4) is 0 Å². The summed E-state index contributed by atoms with van der Waals surface area (Å²) in [6.45, 7) is 1.64. The monoisotopic (exact) mass is 276 g/mol. The number of benzene rings is 1. The number of hydrogen-bond acceptors (Lipinski definition) is 1. The van der Waals surface area contributed by atoms with Crippen LogP contribution in [0.15, 0.2) is 36.4 Å². The van der Waals surface area contributed by atoms with Crippen molar-refractivity contribution in [2.45, 2.75) is 44.9 Å². The molecule has 1 aromatic carbocycles. The first-order valence-corrected chi connectivity index (χ1v) is 7.44. The summed E-state index contributed by atoms with van der Waals surface area (Å²) < 4.78 is 0. The molecular formula is C17H21ClO. The second-order valence-electron chi connectivity index (χ2n) is 5.50. The summed E-state index contributed by atoms with van der Waals surface area (Å²) in [5, 5.41) is 0.810. The van der Waals surface area contributed by atoms with Crippen LogP contribution in [-0.2, 0) is 4.79 Å². The fourth-order valence-electron chi connectivity index (χ4n) is 2.81. The van der Waals surface area contributed by atoms with Gasteiger partial charge in [0.05, 0.1) is 0 Å². The molecule has 0 atom stereocenters. The van der Waals surface area contributed by atoms with E-state index in [1.165, 1.54) is 31.2 Å². The normalized spacial score (nSPS) is 23.7. The van der Waals surface area contributed by atoms with Gasteiger partial charge in [-0.3, -0.25) is 4.79 Å². The molecule has 0 unspecified atom stereocenters. The number of carbonyl (C=O) groups excluding carboxylic acids is 1. The zero-order valence-electron chi connectivity index (χ0n) is 11.4. The summed E-state index contributed by atoms with van der Waals surface area (Å²) in [6.07, 6.45) is 9.77. The molecule has 102 valence electrons. The van der Waals surface area contributed by atoms with Crippen molar-refractivity contribution in [1.82, 2.24) is 0 Å². The van der Waals surface area contributed by atoms with Crippen LogP contribution in [0.1, 0.15) is 50.5 Å². The zero-order chi connectivity index (χ0) is 13.7. The highest BCUT2D eigenvalue weighted by Gasteiger charge is 2.20. The molecule has 0 radical (unpaired) electrons. The summed E-state index contributed by atoms with van der Waals surface area (Å²) in [6, 6.07) is 8.27. The number of Topliss-reactive ketones (excluding diaryl/α,β-unsaturated/α-hetero) is 1. The summed E-state index contributed by atoms with van der Waals surface area (Å²) in [4.78, 5) is 10.9. The third-order valence-corrected chi connectivity index (χ3v) is 4.18. The van der Waals surface area contributed by atoms with E-state index in [1.54, 1.807) is 6.92 Å². The van der Waals surface area contributed by atoms with E-state index in [-0.39, 0.29) is 5.78 Å². The lowest BCUT2D eigenvalue weighted by Crippen LogP contribution is -2.11. The second-order valence-corrected chi connectivity index (χ2v) is 5.93. The van der Waals surface area contributed by atoms with Crippen LogP contribution < -0.4 is 0 Å². The van der Waals surface area contributed by atoms with E-state index in [1.807, 2.05) is 18.2 Å². The molecule has 0 spiro atoms. The molecule has 1 aliphatic carbocycles. The molecule has 0 amide bonds. The van der Waals surface area contributed by atoms with Crippen molar-refractivity contribution in [3.63, 3.8) is 0 Å². The highest BCUT2D eigenvalue weighted by atomic mass is 35.5. The Morgan fingerprint density at radius 1 is 1.21 bits per heavy atom. The standard InChI is InChI=1S/C17H21ClO/c1-13(19)3-2-4-14-5-7-15(8-6-14)16-9-11-17(18)12-10-16/h2,4,9-12,14-15H,3,5-8H2,1H3. The maximum Gasteiger partial charge on any atom is 0.133 e. The van der Waals surface area contributed by atoms with E-state index >= 15 is 0 Å². The molecule has 0 N–H and O–H groups in total. The first-order chi connectivity index (χ1) is 9.15. The van der Waals surface area contributed by atoms with Gasteiger partial charge in [-0.05, 0) is 62.1 Å². The van der Waals surface area contributed by atoms with E-state index in [2.05, 4.69) is 18.2 Å². The van der Waals surface area contributed by atoms with Gasteiger partial charge in [-0.25, -0.2) is 0 Å². The van der Waals surface area contributed by atoms with Crippen LogP contribution in [0, 0.1) is 5.92 Å². The minimum atomic E-state index is 0.242. The zero-order valence-corrected chi connectivity index (χ0v) is 12.2. The van der Waals surface area contributed by atoms with Crippen molar-refractivity contribution in [3.05, 3.63) is 47.0 Å². The molecule has 2 heteroatoms. The fraction of sp³-hybridized carbons (Fsp3) is 0.471. The average Bonchev–Trinajstić information content (AvgIpc) is 2.40.